The Hall–Kier alpha value is -0.790. The monoisotopic (exact) mass is 127 g/mol. The molecule has 0 saturated heterocycles. The van der Waals surface area contributed by atoms with Gasteiger partial charge in [0.05, 0.1) is 0 Å². The Morgan fingerprint density at radius 2 is 2.22 bits per heavy atom. The molecule has 0 saturated carbocycles. The van der Waals surface area contributed by atoms with Gasteiger partial charge in [-0.3, -0.25) is 4.79 Å². The Balaban J connectivity index is 3.50. The van der Waals surface area contributed by atoms with Crippen molar-refractivity contribution in [1.82, 2.24) is 5.32 Å². The van der Waals surface area contributed by atoms with Crippen molar-refractivity contribution in [3.63, 3.8) is 0 Å². The lowest BCUT2D eigenvalue weighted by molar-refractivity contribution is -0.119. The topological polar surface area (TPSA) is 29.1 Å². The lowest BCUT2D eigenvalue weighted by atomic mass is 10.3. The molecule has 0 fully saturated rings. The largest absolute Gasteiger partial charge is 0.350 e. The minimum Gasteiger partial charge on any atom is -0.350 e. The molecule has 0 aliphatic rings. The number of hydrogen-bond donors (Lipinski definition) is 1. The average Bonchev–Trinajstić information content (AvgIpc) is 1.63. The maximum absolute atomic E-state index is 10.4. The third kappa shape index (κ3) is 5.07. The lowest BCUT2D eigenvalue weighted by Gasteiger charge is -2.04. The van der Waals surface area contributed by atoms with Crippen molar-refractivity contribution in [1.29, 1.82) is 0 Å². The molecule has 0 aromatic heterocycles. The zero-order chi connectivity index (χ0) is 7.28. The molecule has 1 N–H and O–H groups in total. The van der Waals surface area contributed by atoms with Crippen LogP contribution in [0.15, 0.2) is 12.2 Å². The van der Waals surface area contributed by atoms with E-state index in [1.54, 1.807) is 0 Å². The van der Waals surface area contributed by atoms with Gasteiger partial charge in [-0.05, 0) is 13.8 Å². The van der Waals surface area contributed by atoms with Crippen LogP contribution in [-0.2, 0) is 4.79 Å². The predicted octanol–water partition coefficient (Wildman–Crippen LogP) is 1.09. The maximum Gasteiger partial charge on any atom is 0.217 e. The van der Waals surface area contributed by atoms with Crippen molar-refractivity contribution in [2.45, 2.75) is 26.8 Å². The summed E-state index contributed by atoms with van der Waals surface area (Å²) in [6.45, 7) is 5.37. The number of allylic oxidation sites excluding steroid dienone is 1. The van der Waals surface area contributed by atoms with Crippen LogP contribution in [0.3, 0.4) is 0 Å². The van der Waals surface area contributed by atoms with Gasteiger partial charge in [0.2, 0.25) is 5.91 Å². The van der Waals surface area contributed by atoms with Gasteiger partial charge >= 0.3 is 0 Å². The van der Waals surface area contributed by atoms with Crippen LogP contribution in [0.2, 0.25) is 0 Å². The zero-order valence-electron chi connectivity index (χ0n) is 6.14. The Bertz CT molecular complexity index is 118. The van der Waals surface area contributed by atoms with Gasteiger partial charge in [-0.1, -0.05) is 12.2 Å². The van der Waals surface area contributed by atoms with E-state index in [9.17, 15) is 4.79 Å². The highest BCUT2D eigenvalue weighted by molar-refractivity contribution is 5.73. The van der Waals surface area contributed by atoms with E-state index in [4.69, 9.17) is 0 Å². The van der Waals surface area contributed by atoms with Crippen LogP contribution in [0, 0.1) is 0 Å². The molecular weight excluding hydrogens is 114 g/mol. The van der Waals surface area contributed by atoms with Crippen molar-refractivity contribution < 1.29 is 4.79 Å². The summed E-state index contributed by atoms with van der Waals surface area (Å²) in [6.07, 6.45) is 3.85. The van der Waals surface area contributed by atoms with Gasteiger partial charge in [0, 0.05) is 13.0 Å². The molecule has 0 heterocycles. The van der Waals surface area contributed by atoms with Gasteiger partial charge in [-0.15, -0.1) is 0 Å². The fourth-order valence-corrected chi connectivity index (χ4v) is 0.657. The molecule has 2 heteroatoms. The van der Waals surface area contributed by atoms with E-state index in [-0.39, 0.29) is 11.9 Å². The number of carbonyl (C=O) groups excluding carboxylic acids is 1. The standard InChI is InChI=1S/C7H13NO/c1-4-5-6(2)8-7(3)9/h4-6H,1-3H3,(H,8,9)/b5-4+. The van der Waals surface area contributed by atoms with Gasteiger partial charge in [0.1, 0.15) is 0 Å². The third-order valence-electron chi connectivity index (χ3n) is 0.912. The van der Waals surface area contributed by atoms with Crippen molar-refractivity contribution in [3.05, 3.63) is 12.2 Å². The summed E-state index contributed by atoms with van der Waals surface area (Å²) in [6, 6.07) is 0.160. The van der Waals surface area contributed by atoms with E-state index in [0.29, 0.717) is 0 Å². The smallest absolute Gasteiger partial charge is 0.217 e. The van der Waals surface area contributed by atoms with Gasteiger partial charge in [-0.2, -0.15) is 0 Å². The second kappa shape index (κ2) is 4.13. The molecule has 2 nitrogen and oxygen atoms in total. The molecule has 0 aromatic rings. The fraction of sp³-hybridized carbons (Fsp3) is 0.571. The normalized spacial score (nSPS) is 13.7. The second-order valence-corrected chi connectivity index (χ2v) is 2.01. The van der Waals surface area contributed by atoms with E-state index in [1.807, 2.05) is 26.0 Å². The molecule has 1 amide bonds. The van der Waals surface area contributed by atoms with Gasteiger partial charge < -0.3 is 5.32 Å². The first-order valence-corrected chi connectivity index (χ1v) is 3.06. The SMILES string of the molecule is C/C=C/C(C)NC(C)=O. The van der Waals surface area contributed by atoms with E-state index in [2.05, 4.69) is 5.32 Å². The highest BCUT2D eigenvalue weighted by Crippen LogP contribution is 1.82. The zero-order valence-corrected chi connectivity index (χ0v) is 6.14. The molecule has 9 heavy (non-hydrogen) atoms. The first-order chi connectivity index (χ1) is 4.16. The third-order valence-corrected chi connectivity index (χ3v) is 0.912. The fourth-order valence-electron chi connectivity index (χ4n) is 0.657. The van der Waals surface area contributed by atoms with Crippen molar-refractivity contribution in [3.8, 4) is 0 Å². The summed E-state index contributed by atoms with van der Waals surface area (Å²) < 4.78 is 0. The molecular formula is C7H13NO. The van der Waals surface area contributed by atoms with Gasteiger partial charge in [0.15, 0.2) is 0 Å². The van der Waals surface area contributed by atoms with Crippen molar-refractivity contribution >= 4 is 5.91 Å². The van der Waals surface area contributed by atoms with Crippen LogP contribution < -0.4 is 5.32 Å². The minimum absolute atomic E-state index is 0.0144. The molecule has 0 radical (unpaired) electrons. The number of nitrogens with one attached hydrogen (secondary N) is 1. The van der Waals surface area contributed by atoms with Crippen LogP contribution in [0.25, 0.3) is 0 Å². The molecule has 52 valence electrons. The lowest BCUT2D eigenvalue weighted by Crippen LogP contribution is -2.28. The maximum atomic E-state index is 10.4. The molecule has 0 rings (SSSR count). The van der Waals surface area contributed by atoms with Crippen molar-refractivity contribution in [2.24, 2.45) is 0 Å². The Kier molecular flexibility index (Phi) is 3.76. The molecule has 0 aliphatic carbocycles. The van der Waals surface area contributed by atoms with Crippen molar-refractivity contribution in [2.75, 3.05) is 0 Å². The molecule has 1 atom stereocenters. The van der Waals surface area contributed by atoms with E-state index in [1.165, 1.54) is 6.92 Å². The Morgan fingerprint density at radius 1 is 1.67 bits per heavy atom. The first-order valence-electron chi connectivity index (χ1n) is 3.06. The Morgan fingerprint density at radius 3 is 2.56 bits per heavy atom. The predicted molar refractivity (Wildman–Crippen MR) is 38.1 cm³/mol. The van der Waals surface area contributed by atoms with Gasteiger partial charge in [-0.25, -0.2) is 0 Å². The van der Waals surface area contributed by atoms with E-state index in [0.717, 1.165) is 0 Å². The summed E-state index contributed by atoms with van der Waals surface area (Å²) >= 11 is 0. The molecule has 0 spiro atoms. The first kappa shape index (κ1) is 8.21. The average molecular weight is 127 g/mol. The molecule has 0 bridgehead atoms. The highest BCUT2D eigenvalue weighted by atomic mass is 16.1. The van der Waals surface area contributed by atoms with Crippen LogP contribution in [-0.4, -0.2) is 11.9 Å². The molecule has 0 aliphatic heterocycles. The van der Waals surface area contributed by atoms with Crippen LogP contribution in [0.4, 0.5) is 0 Å². The van der Waals surface area contributed by atoms with E-state index < -0.39 is 0 Å². The number of hydrogen-bond acceptors (Lipinski definition) is 1. The summed E-state index contributed by atoms with van der Waals surface area (Å²) in [5.74, 6) is 0.0144. The minimum atomic E-state index is 0.0144. The highest BCUT2D eigenvalue weighted by Gasteiger charge is 1.94. The molecule has 0 aromatic carbocycles. The second-order valence-electron chi connectivity index (χ2n) is 2.01. The quantitative estimate of drug-likeness (QED) is 0.553. The van der Waals surface area contributed by atoms with Crippen LogP contribution >= 0.6 is 0 Å². The summed E-state index contributed by atoms with van der Waals surface area (Å²) in [7, 11) is 0. The van der Waals surface area contributed by atoms with E-state index >= 15 is 0 Å². The van der Waals surface area contributed by atoms with Gasteiger partial charge in [0.25, 0.3) is 0 Å². The summed E-state index contributed by atoms with van der Waals surface area (Å²) in [5.41, 5.74) is 0. The number of amides is 1. The number of rotatable bonds is 2. The Labute approximate surface area is 56.0 Å². The summed E-state index contributed by atoms with van der Waals surface area (Å²) in [4.78, 5) is 10.4. The van der Waals surface area contributed by atoms with Crippen LogP contribution in [0.5, 0.6) is 0 Å². The summed E-state index contributed by atoms with van der Waals surface area (Å²) in [5, 5.41) is 2.72. The molecule has 1 unspecified atom stereocenters. The van der Waals surface area contributed by atoms with Crippen LogP contribution in [0.1, 0.15) is 20.8 Å². The number of carbonyl (C=O) groups is 1.